The molecular formula is C17H32N2O3. The number of likely N-dealkylation sites (N-methyl/N-ethyl adjacent to an activating group) is 1. The highest BCUT2D eigenvalue weighted by molar-refractivity contribution is 5.85. The molecule has 128 valence electrons. The van der Waals surface area contributed by atoms with E-state index in [4.69, 9.17) is 4.74 Å². The fourth-order valence-electron chi connectivity index (χ4n) is 3.05. The van der Waals surface area contributed by atoms with Gasteiger partial charge in [-0.15, -0.1) is 0 Å². The zero-order valence-electron chi connectivity index (χ0n) is 14.7. The molecule has 0 radical (unpaired) electrons. The van der Waals surface area contributed by atoms with Gasteiger partial charge in [-0.1, -0.05) is 27.2 Å². The van der Waals surface area contributed by atoms with Crippen LogP contribution < -0.4 is 5.32 Å². The summed E-state index contributed by atoms with van der Waals surface area (Å²) in [6.07, 6.45) is 5.58. The van der Waals surface area contributed by atoms with Gasteiger partial charge in [-0.25, -0.2) is 4.79 Å². The molecule has 2 unspecified atom stereocenters. The van der Waals surface area contributed by atoms with Gasteiger partial charge >= 0.3 is 5.97 Å². The van der Waals surface area contributed by atoms with E-state index in [2.05, 4.69) is 17.1 Å². The molecule has 0 aliphatic heterocycles. The van der Waals surface area contributed by atoms with Gasteiger partial charge in [-0.3, -0.25) is 9.69 Å². The highest BCUT2D eigenvalue weighted by Crippen LogP contribution is 2.26. The molecule has 1 aliphatic carbocycles. The molecule has 5 heteroatoms. The van der Waals surface area contributed by atoms with Crippen LogP contribution in [0.4, 0.5) is 0 Å². The third kappa shape index (κ3) is 5.59. The number of methoxy groups -OCH3 is 1. The van der Waals surface area contributed by atoms with Crippen molar-refractivity contribution in [1.82, 2.24) is 10.2 Å². The van der Waals surface area contributed by atoms with Gasteiger partial charge in [0.2, 0.25) is 5.91 Å². The topological polar surface area (TPSA) is 58.6 Å². The molecule has 0 aromatic heterocycles. The van der Waals surface area contributed by atoms with E-state index in [0.29, 0.717) is 12.6 Å². The van der Waals surface area contributed by atoms with Gasteiger partial charge in [-0.2, -0.15) is 0 Å². The summed E-state index contributed by atoms with van der Waals surface area (Å²) in [6, 6.07) is -0.0793. The lowest BCUT2D eigenvalue weighted by Gasteiger charge is -2.33. The second-order valence-electron chi connectivity index (χ2n) is 6.78. The Labute approximate surface area is 134 Å². The molecule has 1 rings (SSSR count). The van der Waals surface area contributed by atoms with Crippen LogP contribution in [0.2, 0.25) is 0 Å². The van der Waals surface area contributed by atoms with Gasteiger partial charge in [0, 0.05) is 6.04 Å². The fourth-order valence-corrected chi connectivity index (χ4v) is 3.05. The van der Waals surface area contributed by atoms with Crippen molar-refractivity contribution in [1.29, 1.82) is 0 Å². The Balaban J connectivity index is 2.50. The molecule has 1 aliphatic rings. The van der Waals surface area contributed by atoms with E-state index < -0.39 is 6.04 Å². The maximum atomic E-state index is 12.3. The third-order valence-electron chi connectivity index (χ3n) is 4.99. The first-order valence-corrected chi connectivity index (χ1v) is 8.46. The Morgan fingerprint density at radius 3 is 2.36 bits per heavy atom. The van der Waals surface area contributed by atoms with E-state index in [1.54, 1.807) is 0 Å². The number of hydrogen-bond donors (Lipinski definition) is 1. The highest BCUT2D eigenvalue weighted by Gasteiger charge is 2.28. The number of amides is 1. The highest BCUT2D eigenvalue weighted by atomic mass is 16.5. The molecule has 2 atom stereocenters. The van der Waals surface area contributed by atoms with Gasteiger partial charge in [0.15, 0.2) is 0 Å². The van der Waals surface area contributed by atoms with Crippen LogP contribution in [0.1, 0.15) is 52.9 Å². The van der Waals surface area contributed by atoms with E-state index in [9.17, 15) is 9.59 Å². The number of rotatable bonds is 7. The molecule has 0 aromatic rings. The molecular weight excluding hydrogens is 280 g/mol. The van der Waals surface area contributed by atoms with Crippen molar-refractivity contribution in [3.8, 4) is 0 Å². The Morgan fingerprint density at radius 2 is 1.86 bits per heavy atom. The molecule has 0 aromatic carbocycles. The molecule has 0 heterocycles. The van der Waals surface area contributed by atoms with E-state index >= 15 is 0 Å². The number of carbonyl (C=O) groups is 2. The zero-order valence-corrected chi connectivity index (χ0v) is 14.7. The minimum absolute atomic E-state index is 0.0669. The van der Waals surface area contributed by atoms with Crippen LogP contribution >= 0.6 is 0 Å². The minimum atomic E-state index is -0.553. The lowest BCUT2D eigenvalue weighted by atomic mass is 9.87. The van der Waals surface area contributed by atoms with E-state index in [-0.39, 0.29) is 17.8 Å². The van der Waals surface area contributed by atoms with Crippen molar-refractivity contribution in [3.63, 3.8) is 0 Å². The average molecular weight is 312 g/mol. The number of hydrogen-bond acceptors (Lipinski definition) is 4. The summed E-state index contributed by atoms with van der Waals surface area (Å²) in [7, 11) is 3.36. The van der Waals surface area contributed by atoms with E-state index in [0.717, 1.165) is 25.2 Å². The Morgan fingerprint density at radius 1 is 1.27 bits per heavy atom. The summed E-state index contributed by atoms with van der Waals surface area (Å²) in [6.45, 7) is 6.58. The van der Waals surface area contributed by atoms with Crippen LogP contribution in [-0.2, 0) is 14.3 Å². The van der Waals surface area contributed by atoms with Gasteiger partial charge < -0.3 is 10.1 Å². The van der Waals surface area contributed by atoms with Crippen LogP contribution in [0.5, 0.6) is 0 Å². The molecule has 1 N–H and O–H groups in total. The van der Waals surface area contributed by atoms with Gasteiger partial charge in [-0.05, 0) is 44.6 Å². The van der Waals surface area contributed by atoms with Crippen LogP contribution in [0.3, 0.4) is 0 Å². The molecule has 0 saturated heterocycles. The molecule has 0 bridgehead atoms. The van der Waals surface area contributed by atoms with Gasteiger partial charge in [0.1, 0.15) is 6.04 Å². The van der Waals surface area contributed by atoms with Gasteiger partial charge in [0.05, 0.1) is 13.7 Å². The molecule has 5 nitrogen and oxygen atoms in total. The van der Waals surface area contributed by atoms with Crippen molar-refractivity contribution in [2.75, 3.05) is 20.7 Å². The number of ether oxygens (including phenoxy) is 1. The predicted molar refractivity (Wildman–Crippen MR) is 87.5 cm³/mol. The monoisotopic (exact) mass is 312 g/mol. The van der Waals surface area contributed by atoms with Crippen LogP contribution in [0, 0.1) is 11.8 Å². The zero-order chi connectivity index (χ0) is 16.7. The summed E-state index contributed by atoms with van der Waals surface area (Å²) >= 11 is 0. The molecule has 1 saturated carbocycles. The standard InChI is InChI=1S/C17H32N2O3/c1-6-13(3)16(17(21)22-5)18-15(20)11-19(4)14-9-7-12(2)8-10-14/h12-14,16H,6-11H2,1-5H3,(H,18,20). The van der Waals surface area contributed by atoms with Crippen LogP contribution in [-0.4, -0.2) is 49.6 Å². The summed E-state index contributed by atoms with van der Waals surface area (Å²) in [4.78, 5) is 26.2. The maximum absolute atomic E-state index is 12.3. The number of esters is 1. The summed E-state index contributed by atoms with van der Waals surface area (Å²) in [5, 5.41) is 2.84. The SMILES string of the molecule is CCC(C)C(NC(=O)CN(C)C1CCC(C)CC1)C(=O)OC. The van der Waals surface area contributed by atoms with Crippen molar-refractivity contribution in [3.05, 3.63) is 0 Å². The minimum Gasteiger partial charge on any atom is -0.467 e. The Bertz CT molecular complexity index is 365. The van der Waals surface area contributed by atoms with Crippen molar-refractivity contribution >= 4 is 11.9 Å². The first kappa shape index (κ1) is 18.9. The molecule has 1 fully saturated rings. The summed E-state index contributed by atoms with van der Waals surface area (Å²) in [5.74, 6) is 0.401. The smallest absolute Gasteiger partial charge is 0.328 e. The van der Waals surface area contributed by atoms with E-state index in [1.165, 1.54) is 20.0 Å². The quantitative estimate of drug-likeness (QED) is 0.732. The predicted octanol–water partition coefficient (Wildman–Crippen LogP) is 2.20. The lowest BCUT2D eigenvalue weighted by molar-refractivity contribution is -0.146. The Hall–Kier alpha value is -1.10. The van der Waals surface area contributed by atoms with Crippen LogP contribution in [0.15, 0.2) is 0 Å². The summed E-state index contributed by atoms with van der Waals surface area (Å²) < 4.78 is 4.80. The second kappa shape index (κ2) is 9.13. The average Bonchev–Trinajstić information content (AvgIpc) is 2.51. The Kier molecular flexibility index (Phi) is 7.87. The van der Waals surface area contributed by atoms with Crippen molar-refractivity contribution in [2.24, 2.45) is 11.8 Å². The van der Waals surface area contributed by atoms with Gasteiger partial charge in [0.25, 0.3) is 0 Å². The largest absolute Gasteiger partial charge is 0.467 e. The molecule has 22 heavy (non-hydrogen) atoms. The maximum Gasteiger partial charge on any atom is 0.328 e. The molecule has 0 spiro atoms. The van der Waals surface area contributed by atoms with Crippen molar-refractivity contribution in [2.45, 2.75) is 65.0 Å². The number of nitrogens with one attached hydrogen (secondary N) is 1. The number of carbonyl (C=O) groups excluding carboxylic acids is 2. The summed E-state index contributed by atoms with van der Waals surface area (Å²) in [5.41, 5.74) is 0. The lowest BCUT2D eigenvalue weighted by Crippen LogP contribution is -2.50. The van der Waals surface area contributed by atoms with E-state index in [1.807, 2.05) is 20.9 Å². The molecule has 1 amide bonds. The second-order valence-corrected chi connectivity index (χ2v) is 6.78. The first-order chi connectivity index (χ1) is 10.4. The number of nitrogens with zero attached hydrogens (tertiary/aromatic N) is 1. The van der Waals surface area contributed by atoms with Crippen LogP contribution in [0.25, 0.3) is 0 Å². The van der Waals surface area contributed by atoms with Crippen molar-refractivity contribution < 1.29 is 14.3 Å². The fraction of sp³-hybridized carbons (Fsp3) is 0.882. The normalized spacial score (nSPS) is 24.6. The first-order valence-electron chi connectivity index (χ1n) is 8.46. The third-order valence-corrected chi connectivity index (χ3v) is 4.99.